The zero-order valence-electron chi connectivity index (χ0n) is 12.7. The smallest absolute Gasteiger partial charge is 0.259 e. The molecule has 1 amide bonds. The van der Waals surface area contributed by atoms with Crippen molar-refractivity contribution in [2.75, 3.05) is 19.4 Å². The molecule has 4 heteroatoms. The number of ether oxygens (including phenoxy) is 1. The fourth-order valence-electron chi connectivity index (χ4n) is 3.97. The molecule has 0 radical (unpaired) electrons. The lowest BCUT2D eigenvalue weighted by molar-refractivity contribution is 0.0389. The number of nitrogens with zero attached hydrogens (tertiary/aromatic N) is 1. The molecule has 1 aromatic carbocycles. The van der Waals surface area contributed by atoms with E-state index >= 15 is 0 Å². The average molecular weight is 288 g/mol. The highest BCUT2D eigenvalue weighted by atomic mass is 16.5. The van der Waals surface area contributed by atoms with Gasteiger partial charge in [-0.05, 0) is 43.7 Å². The first-order valence-electron chi connectivity index (χ1n) is 7.96. The third-order valence-electron chi connectivity index (χ3n) is 5.00. The number of anilines is 1. The molecule has 3 rings (SSSR count). The minimum Gasteiger partial charge on any atom is -0.496 e. The molecule has 1 saturated carbocycles. The number of carbonyl (C=O) groups excluding carboxylic acids is 1. The summed E-state index contributed by atoms with van der Waals surface area (Å²) in [6.45, 7) is 0.845. The van der Waals surface area contributed by atoms with E-state index in [1.54, 1.807) is 13.2 Å². The topological polar surface area (TPSA) is 55.6 Å². The lowest BCUT2D eigenvalue weighted by Gasteiger charge is -2.44. The number of likely N-dealkylation sites (tertiary alicyclic amines) is 1. The molecule has 2 fully saturated rings. The molecule has 4 nitrogen and oxygen atoms in total. The van der Waals surface area contributed by atoms with Gasteiger partial charge in [0.05, 0.1) is 7.11 Å². The van der Waals surface area contributed by atoms with Crippen LogP contribution in [0.4, 0.5) is 5.69 Å². The van der Waals surface area contributed by atoms with E-state index in [0.717, 1.165) is 19.4 Å². The van der Waals surface area contributed by atoms with Crippen molar-refractivity contribution >= 4 is 11.6 Å². The zero-order valence-corrected chi connectivity index (χ0v) is 12.7. The van der Waals surface area contributed by atoms with Gasteiger partial charge in [0.1, 0.15) is 11.3 Å². The van der Waals surface area contributed by atoms with Crippen molar-refractivity contribution in [3.05, 3.63) is 23.8 Å². The Hall–Kier alpha value is -1.71. The van der Waals surface area contributed by atoms with Crippen LogP contribution in [0.2, 0.25) is 0 Å². The Morgan fingerprint density at radius 1 is 1.24 bits per heavy atom. The van der Waals surface area contributed by atoms with E-state index in [2.05, 4.69) is 4.90 Å². The number of fused-ring (bicyclic) bond motifs is 1. The number of rotatable bonds is 2. The minimum absolute atomic E-state index is 0.0431. The Kier molecular flexibility index (Phi) is 4.04. The van der Waals surface area contributed by atoms with Gasteiger partial charge >= 0.3 is 0 Å². The molecule has 2 unspecified atom stereocenters. The average Bonchev–Trinajstić information content (AvgIpc) is 2.53. The SMILES string of the molecule is COc1cccc(N)c1C(=O)N1CCCC2CCCCC21. The summed E-state index contributed by atoms with van der Waals surface area (Å²) < 4.78 is 5.35. The summed E-state index contributed by atoms with van der Waals surface area (Å²) in [7, 11) is 1.59. The highest BCUT2D eigenvalue weighted by Gasteiger charge is 2.37. The van der Waals surface area contributed by atoms with Crippen LogP contribution in [0.15, 0.2) is 18.2 Å². The van der Waals surface area contributed by atoms with E-state index in [-0.39, 0.29) is 5.91 Å². The molecule has 21 heavy (non-hydrogen) atoms. The molecule has 1 aromatic rings. The number of nitrogens with two attached hydrogens (primary N) is 1. The maximum Gasteiger partial charge on any atom is 0.259 e. The summed E-state index contributed by atoms with van der Waals surface area (Å²) in [5.74, 6) is 1.30. The molecule has 1 saturated heterocycles. The van der Waals surface area contributed by atoms with Gasteiger partial charge in [0.15, 0.2) is 0 Å². The molecule has 1 aliphatic heterocycles. The predicted octanol–water partition coefficient (Wildman–Crippen LogP) is 3.07. The van der Waals surface area contributed by atoms with Gasteiger partial charge in [0.2, 0.25) is 0 Å². The number of methoxy groups -OCH3 is 1. The standard InChI is InChI=1S/C17H24N2O2/c1-21-15-10-4-8-13(18)16(15)17(20)19-11-5-7-12-6-2-3-9-14(12)19/h4,8,10,12,14H,2-3,5-7,9,11,18H2,1H3. The molecule has 2 aliphatic rings. The Balaban J connectivity index is 1.90. The molecule has 2 atom stereocenters. The quantitative estimate of drug-likeness (QED) is 0.851. The van der Waals surface area contributed by atoms with E-state index in [4.69, 9.17) is 10.5 Å². The number of piperidine rings is 1. The van der Waals surface area contributed by atoms with Gasteiger partial charge in [0, 0.05) is 18.3 Å². The Morgan fingerprint density at radius 3 is 2.81 bits per heavy atom. The number of hydrogen-bond acceptors (Lipinski definition) is 3. The molecule has 0 aromatic heterocycles. The van der Waals surface area contributed by atoms with Gasteiger partial charge in [0.25, 0.3) is 5.91 Å². The first kappa shape index (κ1) is 14.2. The van der Waals surface area contributed by atoms with Gasteiger partial charge in [-0.25, -0.2) is 0 Å². The van der Waals surface area contributed by atoms with Crippen LogP contribution in [0.3, 0.4) is 0 Å². The lowest BCUT2D eigenvalue weighted by atomic mass is 9.78. The molecule has 114 valence electrons. The van der Waals surface area contributed by atoms with Crippen LogP contribution in [-0.2, 0) is 0 Å². The van der Waals surface area contributed by atoms with Gasteiger partial charge in [-0.15, -0.1) is 0 Å². The van der Waals surface area contributed by atoms with Crippen LogP contribution in [0.1, 0.15) is 48.9 Å². The minimum atomic E-state index is 0.0431. The van der Waals surface area contributed by atoms with Gasteiger partial charge in [-0.3, -0.25) is 4.79 Å². The largest absolute Gasteiger partial charge is 0.496 e. The van der Waals surface area contributed by atoms with E-state index in [0.29, 0.717) is 29.0 Å². The zero-order chi connectivity index (χ0) is 14.8. The van der Waals surface area contributed by atoms with E-state index in [1.807, 2.05) is 12.1 Å². The summed E-state index contributed by atoms with van der Waals surface area (Å²) in [5, 5.41) is 0. The van der Waals surface area contributed by atoms with Crippen molar-refractivity contribution in [3.63, 3.8) is 0 Å². The fourth-order valence-corrected chi connectivity index (χ4v) is 3.97. The molecule has 1 heterocycles. The second-order valence-corrected chi connectivity index (χ2v) is 6.18. The third-order valence-corrected chi connectivity index (χ3v) is 5.00. The third kappa shape index (κ3) is 2.59. The first-order chi connectivity index (χ1) is 10.2. The van der Waals surface area contributed by atoms with E-state index < -0.39 is 0 Å². The van der Waals surface area contributed by atoms with Crippen LogP contribution in [0.5, 0.6) is 5.75 Å². The summed E-state index contributed by atoms with van der Waals surface area (Å²) in [5.41, 5.74) is 7.09. The molecular formula is C17H24N2O2. The molecule has 0 bridgehead atoms. The summed E-state index contributed by atoms with van der Waals surface area (Å²) >= 11 is 0. The predicted molar refractivity (Wildman–Crippen MR) is 83.4 cm³/mol. The lowest BCUT2D eigenvalue weighted by Crippen LogP contribution is -2.49. The molecule has 2 N–H and O–H groups in total. The van der Waals surface area contributed by atoms with Crippen molar-refractivity contribution in [1.29, 1.82) is 0 Å². The van der Waals surface area contributed by atoms with Crippen LogP contribution in [0, 0.1) is 5.92 Å². The van der Waals surface area contributed by atoms with Crippen molar-refractivity contribution in [2.45, 2.75) is 44.6 Å². The highest BCUT2D eigenvalue weighted by molar-refractivity contribution is 6.02. The number of hydrogen-bond donors (Lipinski definition) is 1. The summed E-state index contributed by atoms with van der Waals surface area (Å²) in [6, 6.07) is 5.80. The van der Waals surface area contributed by atoms with Crippen molar-refractivity contribution in [3.8, 4) is 5.75 Å². The number of nitrogen functional groups attached to an aromatic ring is 1. The molecule has 0 spiro atoms. The second kappa shape index (κ2) is 5.96. The van der Waals surface area contributed by atoms with Crippen LogP contribution < -0.4 is 10.5 Å². The monoisotopic (exact) mass is 288 g/mol. The van der Waals surface area contributed by atoms with Crippen LogP contribution >= 0.6 is 0 Å². The van der Waals surface area contributed by atoms with Crippen molar-refractivity contribution in [1.82, 2.24) is 4.90 Å². The second-order valence-electron chi connectivity index (χ2n) is 6.18. The number of amides is 1. The summed E-state index contributed by atoms with van der Waals surface area (Å²) in [4.78, 5) is 15.1. The Morgan fingerprint density at radius 2 is 2.00 bits per heavy atom. The number of benzene rings is 1. The van der Waals surface area contributed by atoms with Crippen molar-refractivity contribution < 1.29 is 9.53 Å². The molecule has 1 aliphatic carbocycles. The van der Waals surface area contributed by atoms with Gasteiger partial charge < -0.3 is 15.4 Å². The Labute approximate surface area is 126 Å². The van der Waals surface area contributed by atoms with Crippen LogP contribution in [0.25, 0.3) is 0 Å². The van der Waals surface area contributed by atoms with Crippen molar-refractivity contribution in [2.24, 2.45) is 5.92 Å². The van der Waals surface area contributed by atoms with Crippen LogP contribution in [-0.4, -0.2) is 30.5 Å². The van der Waals surface area contributed by atoms with E-state index in [1.165, 1.54) is 25.7 Å². The van der Waals surface area contributed by atoms with E-state index in [9.17, 15) is 4.79 Å². The fraction of sp³-hybridized carbons (Fsp3) is 0.588. The highest BCUT2D eigenvalue weighted by Crippen LogP contribution is 2.37. The molecular weight excluding hydrogens is 264 g/mol. The maximum absolute atomic E-state index is 13.0. The maximum atomic E-state index is 13.0. The first-order valence-corrected chi connectivity index (χ1v) is 7.96. The normalized spacial score (nSPS) is 25.3. The summed E-state index contributed by atoms with van der Waals surface area (Å²) in [6.07, 6.45) is 7.28. The number of carbonyl (C=O) groups is 1. The van der Waals surface area contributed by atoms with Gasteiger partial charge in [-0.1, -0.05) is 18.9 Å². The van der Waals surface area contributed by atoms with Gasteiger partial charge in [-0.2, -0.15) is 0 Å². The Bertz CT molecular complexity index is 528.